The number of rotatable bonds is 3. The molecule has 1 aromatic heterocycles. The molecule has 0 radical (unpaired) electrons. The third-order valence-corrected chi connectivity index (χ3v) is 3.68. The maximum atomic E-state index is 10.6. The summed E-state index contributed by atoms with van der Waals surface area (Å²) in [7, 11) is 0. The topological polar surface area (TPSA) is 33.1 Å². The minimum absolute atomic E-state index is 0.617. The number of benzene rings is 2. The number of pyridine rings is 1. The number of aromatic nitrogens is 1. The van der Waals surface area contributed by atoms with Gasteiger partial charge >= 0.3 is 0 Å². The molecule has 0 fully saturated rings. The van der Waals surface area contributed by atoms with E-state index in [-0.39, 0.29) is 0 Å². The molecular weight excluding hydrogens is 246 g/mol. The SMILES string of the molecule is CCc1ccc(C(O)c2cccc3ncccc23)cc1. The number of fused-ring (bicyclic) bond motifs is 1. The Kier molecular flexibility index (Phi) is 3.48. The molecule has 0 aliphatic heterocycles. The zero-order chi connectivity index (χ0) is 13.9. The van der Waals surface area contributed by atoms with Gasteiger partial charge in [0.25, 0.3) is 0 Å². The summed E-state index contributed by atoms with van der Waals surface area (Å²) in [6, 6.07) is 17.9. The Balaban J connectivity index is 2.05. The largest absolute Gasteiger partial charge is 0.384 e. The van der Waals surface area contributed by atoms with E-state index in [1.165, 1.54) is 5.56 Å². The number of aryl methyl sites for hydroxylation is 1. The first-order valence-corrected chi connectivity index (χ1v) is 6.90. The number of aliphatic hydroxyl groups excluding tert-OH is 1. The average Bonchev–Trinajstić information content (AvgIpc) is 2.54. The Morgan fingerprint density at radius 1 is 1.00 bits per heavy atom. The van der Waals surface area contributed by atoms with Gasteiger partial charge < -0.3 is 5.11 Å². The van der Waals surface area contributed by atoms with Crippen molar-refractivity contribution in [2.45, 2.75) is 19.4 Å². The van der Waals surface area contributed by atoms with Crippen molar-refractivity contribution >= 4 is 10.9 Å². The van der Waals surface area contributed by atoms with E-state index in [1.807, 2.05) is 42.5 Å². The standard InChI is InChI=1S/C18H17NO/c1-2-13-8-10-14(11-9-13)18(20)16-5-3-7-17-15(16)6-4-12-19-17/h3-12,18,20H,2H2,1H3. The Morgan fingerprint density at radius 3 is 2.55 bits per heavy atom. The fourth-order valence-electron chi connectivity index (χ4n) is 2.48. The fraction of sp³-hybridized carbons (Fsp3) is 0.167. The van der Waals surface area contributed by atoms with Crippen molar-refractivity contribution in [2.75, 3.05) is 0 Å². The average molecular weight is 263 g/mol. The molecule has 1 atom stereocenters. The minimum atomic E-state index is -0.617. The van der Waals surface area contributed by atoms with Crippen LogP contribution in [0.5, 0.6) is 0 Å². The number of aliphatic hydroxyl groups is 1. The molecule has 0 aliphatic rings. The van der Waals surface area contributed by atoms with Crippen molar-refractivity contribution in [2.24, 2.45) is 0 Å². The van der Waals surface area contributed by atoms with Gasteiger partial charge in [-0.1, -0.05) is 49.4 Å². The quantitative estimate of drug-likeness (QED) is 0.778. The zero-order valence-corrected chi connectivity index (χ0v) is 11.5. The summed E-state index contributed by atoms with van der Waals surface area (Å²) in [6.45, 7) is 2.13. The van der Waals surface area contributed by atoms with Crippen molar-refractivity contribution in [3.05, 3.63) is 77.5 Å². The molecule has 1 N–H and O–H groups in total. The summed E-state index contributed by atoms with van der Waals surface area (Å²) in [5.74, 6) is 0. The van der Waals surface area contributed by atoms with Crippen molar-refractivity contribution in [3.63, 3.8) is 0 Å². The molecule has 2 aromatic carbocycles. The molecule has 0 bridgehead atoms. The first-order chi connectivity index (χ1) is 9.79. The molecule has 2 nitrogen and oxygen atoms in total. The van der Waals surface area contributed by atoms with E-state index in [9.17, 15) is 5.11 Å². The third kappa shape index (κ3) is 2.30. The molecule has 3 rings (SSSR count). The van der Waals surface area contributed by atoms with Gasteiger partial charge in [-0.15, -0.1) is 0 Å². The molecule has 0 amide bonds. The Morgan fingerprint density at radius 2 is 1.80 bits per heavy atom. The highest BCUT2D eigenvalue weighted by molar-refractivity contribution is 5.82. The lowest BCUT2D eigenvalue weighted by atomic mass is 9.96. The van der Waals surface area contributed by atoms with Crippen LogP contribution in [0.15, 0.2) is 60.8 Å². The Hall–Kier alpha value is -2.19. The minimum Gasteiger partial charge on any atom is -0.384 e. The van der Waals surface area contributed by atoms with E-state index in [2.05, 4.69) is 24.0 Å². The summed E-state index contributed by atoms with van der Waals surface area (Å²) in [5.41, 5.74) is 4.01. The van der Waals surface area contributed by atoms with Crippen LogP contribution in [0.1, 0.15) is 29.7 Å². The van der Waals surface area contributed by atoms with Crippen molar-refractivity contribution in [1.82, 2.24) is 4.98 Å². The molecule has 0 saturated heterocycles. The molecule has 100 valence electrons. The highest BCUT2D eigenvalue weighted by atomic mass is 16.3. The van der Waals surface area contributed by atoms with Gasteiger partial charge in [-0.25, -0.2) is 0 Å². The van der Waals surface area contributed by atoms with Crippen molar-refractivity contribution < 1.29 is 5.11 Å². The van der Waals surface area contributed by atoms with Crippen LogP contribution in [0.25, 0.3) is 10.9 Å². The van der Waals surface area contributed by atoms with Crippen molar-refractivity contribution in [3.8, 4) is 0 Å². The van der Waals surface area contributed by atoms with Crippen molar-refractivity contribution in [1.29, 1.82) is 0 Å². The lowest BCUT2D eigenvalue weighted by Gasteiger charge is -2.14. The third-order valence-electron chi connectivity index (χ3n) is 3.68. The van der Waals surface area contributed by atoms with Gasteiger partial charge in [-0.3, -0.25) is 4.98 Å². The summed E-state index contributed by atoms with van der Waals surface area (Å²) in [4.78, 5) is 4.33. The van der Waals surface area contributed by atoms with E-state index in [0.717, 1.165) is 28.5 Å². The van der Waals surface area contributed by atoms with E-state index >= 15 is 0 Å². The molecule has 1 heterocycles. The Labute approximate surface area is 118 Å². The van der Waals surface area contributed by atoms with E-state index in [1.54, 1.807) is 6.20 Å². The fourth-order valence-corrected chi connectivity index (χ4v) is 2.48. The maximum absolute atomic E-state index is 10.6. The van der Waals surface area contributed by atoms with Gasteiger partial charge in [0, 0.05) is 11.6 Å². The van der Waals surface area contributed by atoms with Crippen LogP contribution < -0.4 is 0 Å². The Bertz CT molecular complexity index is 714. The lowest BCUT2D eigenvalue weighted by molar-refractivity contribution is 0.222. The predicted octanol–water partition coefficient (Wildman–Crippen LogP) is 3.88. The lowest BCUT2D eigenvalue weighted by Crippen LogP contribution is -2.01. The van der Waals surface area contributed by atoms with Crippen LogP contribution in [0.4, 0.5) is 0 Å². The van der Waals surface area contributed by atoms with Crippen LogP contribution in [0.3, 0.4) is 0 Å². The molecule has 0 aliphatic carbocycles. The van der Waals surface area contributed by atoms with Gasteiger partial charge in [0.15, 0.2) is 0 Å². The highest BCUT2D eigenvalue weighted by Crippen LogP contribution is 2.28. The van der Waals surface area contributed by atoms with E-state index in [0.29, 0.717) is 0 Å². The molecule has 0 spiro atoms. The first kappa shape index (κ1) is 12.8. The van der Waals surface area contributed by atoms with Gasteiger partial charge in [-0.05, 0) is 35.2 Å². The monoisotopic (exact) mass is 263 g/mol. The molecule has 1 unspecified atom stereocenters. The number of nitrogens with zero attached hydrogens (tertiary/aromatic N) is 1. The van der Waals surface area contributed by atoms with Crippen LogP contribution in [-0.2, 0) is 6.42 Å². The molecule has 0 saturated carbocycles. The van der Waals surface area contributed by atoms with Gasteiger partial charge in [-0.2, -0.15) is 0 Å². The van der Waals surface area contributed by atoms with E-state index in [4.69, 9.17) is 0 Å². The van der Waals surface area contributed by atoms with Crippen LogP contribution >= 0.6 is 0 Å². The second kappa shape index (κ2) is 5.43. The van der Waals surface area contributed by atoms with Gasteiger partial charge in [0.2, 0.25) is 0 Å². The summed E-state index contributed by atoms with van der Waals surface area (Å²) in [5, 5.41) is 11.6. The summed E-state index contributed by atoms with van der Waals surface area (Å²) in [6.07, 6.45) is 2.16. The second-order valence-electron chi connectivity index (χ2n) is 4.91. The molecule has 3 aromatic rings. The van der Waals surface area contributed by atoms with E-state index < -0.39 is 6.10 Å². The highest BCUT2D eigenvalue weighted by Gasteiger charge is 2.13. The molecular formula is C18H17NO. The smallest absolute Gasteiger partial charge is 0.105 e. The summed E-state index contributed by atoms with van der Waals surface area (Å²) < 4.78 is 0. The molecule has 20 heavy (non-hydrogen) atoms. The van der Waals surface area contributed by atoms with Gasteiger partial charge in [0.1, 0.15) is 6.10 Å². The first-order valence-electron chi connectivity index (χ1n) is 6.90. The normalized spacial score (nSPS) is 12.5. The molecule has 2 heteroatoms. The van der Waals surface area contributed by atoms with Gasteiger partial charge in [0.05, 0.1) is 5.52 Å². The number of hydrogen-bond acceptors (Lipinski definition) is 2. The number of hydrogen-bond donors (Lipinski definition) is 1. The predicted molar refractivity (Wildman–Crippen MR) is 81.6 cm³/mol. The summed E-state index contributed by atoms with van der Waals surface area (Å²) >= 11 is 0. The second-order valence-corrected chi connectivity index (χ2v) is 4.91. The van der Waals surface area contributed by atoms with Crippen LogP contribution in [0.2, 0.25) is 0 Å². The van der Waals surface area contributed by atoms with Crippen LogP contribution in [-0.4, -0.2) is 10.1 Å². The zero-order valence-electron chi connectivity index (χ0n) is 11.5. The van der Waals surface area contributed by atoms with Crippen LogP contribution in [0, 0.1) is 0 Å². The maximum Gasteiger partial charge on any atom is 0.105 e.